The second-order valence-corrected chi connectivity index (χ2v) is 13.1. The average Bonchev–Trinajstić information content (AvgIpc) is 3.50. The molecule has 0 amide bonds. The van der Waals surface area contributed by atoms with Crippen molar-refractivity contribution in [3.63, 3.8) is 0 Å². The van der Waals surface area contributed by atoms with Crippen LogP contribution in [0.5, 0.6) is 0 Å². The van der Waals surface area contributed by atoms with E-state index in [1.165, 1.54) is 71.7 Å². The smallest absolute Gasteiger partial charge is 0.137 e. The fourth-order valence-electron chi connectivity index (χ4n) is 7.78. The maximum atomic E-state index is 6.35. The van der Waals surface area contributed by atoms with Crippen LogP contribution in [0.2, 0.25) is 0 Å². The van der Waals surface area contributed by atoms with E-state index in [1.807, 2.05) is 12.1 Å². The summed E-state index contributed by atoms with van der Waals surface area (Å²) in [5.74, 6) is 0. The van der Waals surface area contributed by atoms with Crippen LogP contribution in [0.3, 0.4) is 0 Å². The minimum atomic E-state index is 0.895. The molecule has 0 spiro atoms. The topological polar surface area (TPSA) is 16.4 Å². The van der Waals surface area contributed by atoms with Crippen LogP contribution in [-0.2, 0) is 0 Å². The minimum Gasteiger partial charge on any atom is -0.456 e. The fraction of sp³-hybridized carbons (Fsp3) is 0.0435. The van der Waals surface area contributed by atoms with E-state index in [4.69, 9.17) is 4.42 Å². The van der Waals surface area contributed by atoms with Gasteiger partial charge >= 0.3 is 0 Å². The van der Waals surface area contributed by atoms with Gasteiger partial charge in [0.1, 0.15) is 11.2 Å². The minimum absolute atomic E-state index is 0.895. The van der Waals surface area contributed by atoms with Crippen molar-refractivity contribution in [3.8, 4) is 33.4 Å². The first-order valence-corrected chi connectivity index (χ1v) is 16.6. The average molecular weight is 614 g/mol. The van der Waals surface area contributed by atoms with Gasteiger partial charge in [-0.15, -0.1) is 0 Å². The maximum Gasteiger partial charge on any atom is 0.137 e. The lowest BCUT2D eigenvalue weighted by Crippen LogP contribution is -2.13. The Hall–Kier alpha value is -6.12. The maximum absolute atomic E-state index is 6.35. The van der Waals surface area contributed by atoms with E-state index in [1.54, 1.807) is 0 Å². The Morgan fingerprint density at radius 1 is 0.396 bits per heavy atom. The van der Waals surface area contributed by atoms with Gasteiger partial charge in [-0.25, -0.2) is 0 Å². The zero-order valence-corrected chi connectivity index (χ0v) is 26.8. The number of furan rings is 1. The molecule has 48 heavy (non-hydrogen) atoms. The van der Waals surface area contributed by atoms with Crippen LogP contribution in [-0.4, -0.2) is 0 Å². The molecule has 1 aromatic heterocycles. The first kappa shape index (κ1) is 27.0. The number of aryl methyl sites for hydroxylation is 2. The van der Waals surface area contributed by atoms with Crippen LogP contribution in [0.25, 0.3) is 76.9 Å². The molecule has 2 nitrogen and oxygen atoms in total. The summed E-state index contributed by atoms with van der Waals surface area (Å²) in [6, 6.07) is 55.2. The molecule has 0 fully saturated rings. The summed E-state index contributed by atoms with van der Waals surface area (Å²) in [4.78, 5) is 2.39. The van der Waals surface area contributed by atoms with Gasteiger partial charge in [-0.05, 0) is 141 Å². The summed E-state index contributed by atoms with van der Waals surface area (Å²) in [5, 5.41) is 7.31. The van der Waals surface area contributed by atoms with Crippen LogP contribution in [0, 0.1) is 13.8 Å². The monoisotopic (exact) mass is 613 g/mol. The van der Waals surface area contributed by atoms with Gasteiger partial charge in [-0.2, -0.15) is 0 Å². The third kappa shape index (κ3) is 4.06. The number of anilines is 3. The van der Waals surface area contributed by atoms with Crippen LogP contribution in [0.4, 0.5) is 17.1 Å². The van der Waals surface area contributed by atoms with Gasteiger partial charge in [0.25, 0.3) is 0 Å². The highest BCUT2D eigenvalue weighted by Gasteiger charge is 2.25. The van der Waals surface area contributed by atoms with Gasteiger partial charge in [0.05, 0.1) is 5.69 Å². The number of hydrogen-bond donors (Lipinski definition) is 0. The van der Waals surface area contributed by atoms with E-state index in [0.717, 1.165) is 33.3 Å². The van der Waals surface area contributed by atoms with Gasteiger partial charge < -0.3 is 9.32 Å². The molecule has 0 radical (unpaired) electrons. The molecule has 226 valence electrons. The molecule has 0 aliphatic heterocycles. The number of fused-ring (bicyclic) bond motifs is 9. The Morgan fingerprint density at radius 2 is 0.979 bits per heavy atom. The van der Waals surface area contributed by atoms with Gasteiger partial charge in [-0.1, -0.05) is 84.9 Å². The van der Waals surface area contributed by atoms with E-state index in [0.29, 0.717) is 0 Å². The van der Waals surface area contributed by atoms with E-state index in [-0.39, 0.29) is 0 Å². The Bertz CT molecular complexity index is 2730. The third-order valence-corrected chi connectivity index (χ3v) is 10.2. The SMILES string of the molecule is Cc1cccc(C)c1N(c1ccc2cc3c(cc2c1)-c1cc2cc(-c4ccccc4)ccc2cc1-3)c1ccc2c(c1)oc1ccccc12. The zero-order valence-electron chi connectivity index (χ0n) is 26.8. The summed E-state index contributed by atoms with van der Waals surface area (Å²) in [7, 11) is 0. The Labute approximate surface area is 279 Å². The Kier molecular flexibility index (Phi) is 5.74. The molecule has 0 saturated heterocycles. The molecule has 2 heteroatoms. The summed E-state index contributed by atoms with van der Waals surface area (Å²) in [6.45, 7) is 4.40. The number of para-hydroxylation sites is 2. The second kappa shape index (κ2) is 10.2. The Balaban J connectivity index is 1.11. The number of rotatable bonds is 4. The summed E-state index contributed by atoms with van der Waals surface area (Å²) in [5.41, 5.74) is 15.5. The molecule has 0 saturated carbocycles. The van der Waals surface area contributed by atoms with Crippen LogP contribution in [0.15, 0.2) is 156 Å². The van der Waals surface area contributed by atoms with E-state index in [9.17, 15) is 0 Å². The molecule has 0 atom stereocenters. The van der Waals surface area contributed by atoms with Gasteiger partial charge in [0.2, 0.25) is 0 Å². The van der Waals surface area contributed by atoms with Crippen LogP contribution < -0.4 is 4.90 Å². The van der Waals surface area contributed by atoms with Crippen molar-refractivity contribution in [1.82, 2.24) is 0 Å². The van der Waals surface area contributed by atoms with E-state index in [2.05, 4.69) is 158 Å². The summed E-state index contributed by atoms with van der Waals surface area (Å²) in [6.07, 6.45) is 0. The predicted octanol–water partition coefficient (Wildman–Crippen LogP) is 13.3. The molecular formula is C46H31NO. The van der Waals surface area contributed by atoms with Crippen molar-refractivity contribution in [2.24, 2.45) is 0 Å². The van der Waals surface area contributed by atoms with Crippen molar-refractivity contribution >= 4 is 60.5 Å². The second-order valence-electron chi connectivity index (χ2n) is 13.1. The zero-order chi connectivity index (χ0) is 31.9. The largest absolute Gasteiger partial charge is 0.456 e. The van der Waals surface area contributed by atoms with Gasteiger partial charge in [-0.3, -0.25) is 0 Å². The standard InChI is InChI=1S/C46H31NO/c1-28-9-8-10-29(2)46(28)47(37-19-20-39-38-13-6-7-14-44(38)48-45(39)27-37)36-18-17-33-24-41-40-23-32-16-15-31(30-11-4-3-5-12-30)21-34(32)25-42(40)43(41)26-35(33)22-36/h3-27H,1-2H3. The van der Waals surface area contributed by atoms with Crippen molar-refractivity contribution < 1.29 is 4.42 Å². The lowest BCUT2D eigenvalue weighted by molar-refractivity contribution is 0.669. The van der Waals surface area contributed by atoms with E-state index < -0.39 is 0 Å². The quantitative estimate of drug-likeness (QED) is 0.196. The van der Waals surface area contributed by atoms with Crippen LogP contribution in [0.1, 0.15) is 11.1 Å². The highest BCUT2D eigenvalue weighted by atomic mass is 16.3. The van der Waals surface area contributed by atoms with Gasteiger partial charge in [0.15, 0.2) is 0 Å². The normalized spacial score (nSPS) is 12.0. The fourth-order valence-corrected chi connectivity index (χ4v) is 7.78. The number of benzene rings is 8. The van der Waals surface area contributed by atoms with Gasteiger partial charge in [0, 0.05) is 28.2 Å². The molecule has 1 heterocycles. The molecule has 8 aromatic carbocycles. The van der Waals surface area contributed by atoms with Crippen molar-refractivity contribution in [1.29, 1.82) is 0 Å². The molecule has 0 N–H and O–H groups in total. The molecule has 0 bridgehead atoms. The lowest BCUT2D eigenvalue weighted by Gasteiger charge is -2.29. The molecule has 0 unspecified atom stereocenters. The predicted molar refractivity (Wildman–Crippen MR) is 203 cm³/mol. The highest BCUT2D eigenvalue weighted by Crippen LogP contribution is 2.51. The number of hydrogen-bond acceptors (Lipinski definition) is 2. The first-order chi connectivity index (χ1) is 23.6. The van der Waals surface area contributed by atoms with Crippen LogP contribution >= 0.6 is 0 Å². The molecule has 10 rings (SSSR count). The number of nitrogens with zero attached hydrogens (tertiary/aromatic N) is 1. The molecule has 9 aromatic rings. The van der Waals surface area contributed by atoms with Crippen molar-refractivity contribution in [2.45, 2.75) is 13.8 Å². The Morgan fingerprint density at radius 3 is 1.73 bits per heavy atom. The molecular weight excluding hydrogens is 583 g/mol. The third-order valence-electron chi connectivity index (χ3n) is 10.2. The van der Waals surface area contributed by atoms with Crippen molar-refractivity contribution in [2.75, 3.05) is 4.90 Å². The molecule has 1 aliphatic carbocycles. The summed E-state index contributed by atoms with van der Waals surface area (Å²) >= 11 is 0. The van der Waals surface area contributed by atoms with Crippen molar-refractivity contribution in [3.05, 3.63) is 163 Å². The lowest BCUT2D eigenvalue weighted by atomic mass is 9.77. The highest BCUT2D eigenvalue weighted by molar-refractivity contribution is 6.13. The molecule has 1 aliphatic rings. The van der Waals surface area contributed by atoms with E-state index >= 15 is 0 Å². The summed E-state index contributed by atoms with van der Waals surface area (Å²) < 4.78 is 6.35. The first-order valence-electron chi connectivity index (χ1n) is 16.6.